The van der Waals surface area contributed by atoms with Gasteiger partial charge in [-0.3, -0.25) is 14.9 Å². The Kier molecular flexibility index (Phi) is 4.26. The van der Waals surface area contributed by atoms with Crippen molar-refractivity contribution in [1.29, 1.82) is 0 Å². The van der Waals surface area contributed by atoms with Crippen LogP contribution in [-0.4, -0.2) is 21.7 Å². The van der Waals surface area contributed by atoms with Crippen molar-refractivity contribution < 1.29 is 14.0 Å². The molecule has 0 aliphatic heterocycles. The zero-order valence-corrected chi connectivity index (χ0v) is 14.4. The van der Waals surface area contributed by atoms with Crippen LogP contribution in [0.3, 0.4) is 0 Å². The van der Waals surface area contributed by atoms with E-state index in [1.165, 1.54) is 6.20 Å². The maximum Gasteiger partial charge on any atom is 0.259 e. The second-order valence-corrected chi connectivity index (χ2v) is 6.44. The van der Waals surface area contributed by atoms with E-state index in [4.69, 9.17) is 16.0 Å². The summed E-state index contributed by atoms with van der Waals surface area (Å²) in [5.74, 6) is 0.398. The molecule has 2 aromatic heterocycles. The molecule has 1 aliphatic rings. The topological polar surface area (TPSA) is 85.1 Å². The van der Waals surface area contributed by atoms with E-state index >= 15 is 0 Å². The first-order valence-electron chi connectivity index (χ1n) is 8.10. The largest absolute Gasteiger partial charge is 0.469 e. The number of Topliss-reactive ketones (excluding diaryl/α,β-unsaturated/α-hetero) is 1. The van der Waals surface area contributed by atoms with Gasteiger partial charge in [-0.25, -0.2) is 9.97 Å². The van der Waals surface area contributed by atoms with Crippen LogP contribution in [0.1, 0.15) is 44.5 Å². The molecule has 0 bridgehead atoms. The summed E-state index contributed by atoms with van der Waals surface area (Å²) in [6, 6.07) is 10.4. The van der Waals surface area contributed by atoms with E-state index in [9.17, 15) is 9.59 Å². The Morgan fingerprint density at radius 3 is 2.81 bits per heavy atom. The molecule has 1 amide bonds. The lowest BCUT2D eigenvalue weighted by Gasteiger charge is -2.21. The second-order valence-electron chi connectivity index (χ2n) is 6.03. The molecule has 26 heavy (non-hydrogen) atoms. The van der Waals surface area contributed by atoms with Crippen LogP contribution in [0.25, 0.3) is 0 Å². The second kappa shape index (κ2) is 6.72. The van der Waals surface area contributed by atoms with E-state index in [0.29, 0.717) is 34.7 Å². The van der Waals surface area contributed by atoms with Gasteiger partial charge in [0.05, 0.1) is 28.1 Å². The summed E-state index contributed by atoms with van der Waals surface area (Å²) in [6.07, 6.45) is 3.96. The first-order chi connectivity index (χ1) is 12.6. The third-order valence-corrected chi connectivity index (χ3v) is 4.66. The van der Waals surface area contributed by atoms with Crippen molar-refractivity contribution in [2.24, 2.45) is 0 Å². The van der Waals surface area contributed by atoms with E-state index in [2.05, 4.69) is 15.3 Å². The molecule has 6 nitrogen and oxygen atoms in total. The predicted octanol–water partition coefficient (Wildman–Crippen LogP) is 3.89. The lowest BCUT2D eigenvalue weighted by molar-refractivity contribution is 0.0958. The summed E-state index contributed by atoms with van der Waals surface area (Å²) < 4.78 is 5.42. The van der Waals surface area contributed by atoms with Crippen molar-refractivity contribution in [3.05, 3.63) is 76.5 Å². The van der Waals surface area contributed by atoms with Gasteiger partial charge in [-0.2, -0.15) is 0 Å². The van der Waals surface area contributed by atoms with Crippen molar-refractivity contribution in [3.63, 3.8) is 0 Å². The van der Waals surface area contributed by atoms with Gasteiger partial charge in [0.25, 0.3) is 5.91 Å². The smallest absolute Gasteiger partial charge is 0.259 e. The number of halogens is 1. The molecule has 3 aromatic rings. The minimum atomic E-state index is -0.403. The van der Waals surface area contributed by atoms with Crippen LogP contribution in [0.15, 0.2) is 53.3 Å². The van der Waals surface area contributed by atoms with Gasteiger partial charge in [0, 0.05) is 25.0 Å². The number of benzene rings is 1. The number of carbonyl (C=O) groups excluding carboxylic acids is 2. The van der Waals surface area contributed by atoms with Crippen molar-refractivity contribution in [2.75, 3.05) is 5.32 Å². The SMILES string of the molecule is O=C(Nc1ncc2c(n1)CC(c1ccco1)CC2=O)c1ccccc1Cl. The zero-order chi connectivity index (χ0) is 18.1. The quantitative estimate of drug-likeness (QED) is 0.759. The molecule has 1 atom stereocenters. The van der Waals surface area contributed by atoms with Crippen molar-refractivity contribution >= 4 is 29.2 Å². The number of aromatic nitrogens is 2. The monoisotopic (exact) mass is 367 g/mol. The molecular weight excluding hydrogens is 354 g/mol. The van der Waals surface area contributed by atoms with Gasteiger partial charge >= 0.3 is 0 Å². The summed E-state index contributed by atoms with van der Waals surface area (Å²) >= 11 is 6.04. The fraction of sp³-hybridized carbons (Fsp3) is 0.158. The van der Waals surface area contributed by atoms with E-state index in [1.54, 1.807) is 36.6 Å². The average Bonchev–Trinajstić information content (AvgIpc) is 3.16. The number of nitrogens with one attached hydrogen (secondary N) is 1. The summed E-state index contributed by atoms with van der Waals surface area (Å²) in [4.78, 5) is 33.2. The molecule has 1 aliphatic carbocycles. The number of fused-ring (bicyclic) bond motifs is 1. The number of hydrogen-bond donors (Lipinski definition) is 1. The first-order valence-corrected chi connectivity index (χ1v) is 8.48. The van der Waals surface area contributed by atoms with Crippen LogP contribution in [0.4, 0.5) is 5.95 Å². The number of anilines is 1. The number of carbonyl (C=O) groups is 2. The Morgan fingerprint density at radius 1 is 1.19 bits per heavy atom. The molecule has 0 fully saturated rings. The maximum absolute atomic E-state index is 12.4. The highest BCUT2D eigenvalue weighted by Gasteiger charge is 2.29. The van der Waals surface area contributed by atoms with Crippen LogP contribution < -0.4 is 5.32 Å². The first kappa shape index (κ1) is 16.5. The Labute approximate surface area is 154 Å². The molecule has 7 heteroatoms. The number of hydrogen-bond acceptors (Lipinski definition) is 5. The van der Waals surface area contributed by atoms with Gasteiger partial charge in [0.2, 0.25) is 5.95 Å². The highest BCUT2D eigenvalue weighted by Crippen LogP contribution is 2.32. The molecule has 0 radical (unpaired) electrons. The van der Waals surface area contributed by atoms with Crippen LogP contribution in [0.2, 0.25) is 5.02 Å². The average molecular weight is 368 g/mol. The number of rotatable bonds is 3. The van der Waals surface area contributed by atoms with Crippen LogP contribution in [-0.2, 0) is 6.42 Å². The minimum Gasteiger partial charge on any atom is -0.469 e. The summed E-state index contributed by atoms with van der Waals surface area (Å²) in [5, 5.41) is 2.98. The molecule has 2 heterocycles. The van der Waals surface area contributed by atoms with Crippen molar-refractivity contribution in [1.82, 2.24) is 9.97 Å². The highest BCUT2D eigenvalue weighted by molar-refractivity contribution is 6.34. The number of nitrogens with zero attached hydrogens (tertiary/aromatic N) is 2. The number of ketones is 1. The van der Waals surface area contributed by atoms with E-state index in [-0.39, 0.29) is 17.6 Å². The standard InChI is InChI=1S/C19H14ClN3O3/c20-14-5-2-1-4-12(14)18(25)23-19-21-10-13-15(22-19)8-11(9-16(13)24)17-6-3-7-26-17/h1-7,10-11H,8-9H2,(H,21,22,23,25). The summed E-state index contributed by atoms with van der Waals surface area (Å²) in [5.41, 5.74) is 1.43. The Bertz CT molecular complexity index is 985. The van der Waals surface area contributed by atoms with Crippen LogP contribution in [0, 0.1) is 0 Å². The molecule has 1 unspecified atom stereocenters. The fourth-order valence-electron chi connectivity index (χ4n) is 3.04. The van der Waals surface area contributed by atoms with Gasteiger partial charge in [0.1, 0.15) is 5.76 Å². The number of amides is 1. The third kappa shape index (κ3) is 3.11. The van der Waals surface area contributed by atoms with Crippen LogP contribution >= 0.6 is 11.6 Å². The lowest BCUT2D eigenvalue weighted by atomic mass is 9.85. The Balaban J connectivity index is 1.59. The Hall–Kier alpha value is -2.99. The minimum absolute atomic E-state index is 0.0309. The van der Waals surface area contributed by atoms with Crippen molar-refractivity contribution in [3.8, 4) is 0 Å². The maximum atomic E-state index is 12.4. The molecule has 0 saturated carbocycles. The third-order valence-electron chi connectivity index (χ3n) is 4.33. The molecule has 1 N–H and O–H groups in total. The van der Waals surface area contributed by atoms with Crippen LogP contribution in [0.5, 0.6) is 0 Å². The molecule has 0 saturated heterocycles. The van der Waals surface area contributed by atoms with Gasteiger partial charge < -0.3 is 4.42 Å². The zero-order valence-electron chi connectivity index (χ0n) is 13.6. The molecule has 0 spiro atoms. The van der Waals surface area contributed by atoms with E-state index in [1.807, 2.05) is 6.07 Å². The van der Waals surface area contributed by atoms with Gasteiger partial charge in [-0.15, -0.1) is 0 Å². The predicted molar refractivity (Wildman–Crippen MR) is 95.5 cm³/mol. The van der Waals surface area contributed by atoms with E-state index in [0.717, 1.165) is 5.76 Å². The van der Waals surface area contributed by atoms with Gasteiger partial charge in [0.15, 0.2) is 5.78 Å². The highest BCUT2D eigenvalue weighted by atomic mass is 35.5. The fourth-order valence-corrected chi connectivity index (χ4v) is 3.27. The molecule has 1 aromatic carbocycles. The van der Waals surface area contributed by atoms with Gasteiger partial charge in [-0.1, -0.05) is 23.7 Å². The number of furan rings is 1. The molecule has 4 rings (SSSR count). The Morgan fingerprint density at radius 2 is 2.04 bits per heavy atom. The van der Waals surface area contributed by atoms with Gasteiger partial charge in [-0.05, 0) is 24.3 Å². The molecule has 130 valence electrons. The molecular formula is C19H14ClN3O3. The lowest BCUT2D eigenvalue weighted by Crippen LogP contribution is -2.22. The normalized spacial score (nSPS) is 16.2. The van der Waals surface area contributed by atoms with E-state index < -0.39 is 5.91 Å². The van der Waals surface area contributed by atoms with Crippen molar-refractivity contribution in [2.45, 2.75) is 18.8 Å². The summed E-state index contributed by atoms with van der Waals surface area (Å²) in [7, 11) is 0. The summed E-state index contributed by atoms with van der Waals surface area (Å²) in [6.45, 7) is 0.